The van der Waals surface area contributed by atoms with Crippen LogP contribution in [0.25, 0.3) is 0 Å². The Bertz CT molecular complexity index is 564. The number of methoxy groups -OCH3 is 1. The molecule has 21 heavy (non-hydrogen) atoms. The summed E-state index contributed by atoms with van der Waals surface area (Å²) in [5.74, 6) is 0.297. The molecule has 2 N–H and O–H groups in total. The Hall–Kier alpha value is -1.40. The number of thiophene rings is 1. The van der Waals surface area contributed by atoms with E-state index in [2.05, 4.69) is 10.6 Å². The van der Waals surface area contributed by atoms with Gasteiger partial charge in [-0.05, 0) is 50.1 Å². The van der Waals surface area contributed by atoms with Gasteiger partial charge in [0.25, 0.3) is 0 Å². The third-order valence-corrected chi connectivity index (χ3v) is 5.19. The number of carbonyl (C=O) groups excluding carboxylic acids is 2. The van der Waals surface area contributed by atoms with Crippen LogP contribution >= 0.6 is 11.3 Å². The monoisotopic (exact) mass is 308 g/mol. The Balaban J connectivity index is 1.66. The zero-order chi connectivity index (χ0) is 14.8. The molecule has 2 aliphatic carbocycles. The van der Waals surface area contributed by atoms with E-state index in [4.69, 9.17) is 4.74 Å². The molecule has 0 bridgehead atoms. The van der Waals surface area contributed by atoms with Crippen LogP contribution in [-0.4, -0.2) is 32.1 Å². The van der Waals surface area contributed by atoms with Crippen molar-refractivity contribution >= 4 is 28.2 Å². The fourth-order valence-corrected chi connectivity index (χ4v) is 3.99. The number of aryl methyl sites for hydroxylation is 1. The van der Waals surface area contributed by atoms with Crippen molar-refractivity contribution in [1.29, 1.82) is 0 Å². The standard InChI is InChI=1S/C15H20N2O3S/c1-20-15(19)13-10-3-2-4-11(10)21-14(13)17-12(18)8-16-7-9-5-6-9/h9,16H,2-8H2,1H3,(H,17,18). The highest BCUT2D eigenvalue weighted by atomic mass is 32.1. The minimum absolute atomic E-state index is 0.0965. The van der Waals surface area contributed by atoms with Gasteiger partial charge in [0.2, 0.25) is 5.91 Å². The van der Waals surface area contributed by atoms with Crippen LogP contribution in [0.1, 0.15) is 40.1 Å². The van der Waals surface area contributed by atoms with Gasteiger partial charge in [-0.25, -0.2) is 4.79 Å². The number of anilines is 1. The lowest BCUT2D eigenvalue weighted by atomic mass is 10.1. The summed E-state index contributed by atoms with van der Waals surface area (Å²) in [7, 11) is 1.38. The van der Waals surface area contributed by atoms with E-state index in [9.17, 15) is 9.59 Å². The van der Waals surface area contributed by atoms with Gasteiger partial charge in [-0.1, -0.05) is 0 Å². The zero-order valence-electron chi connectivity index (χ0n) is 12.2. The number of esters is 1. The summed E-state index contributed by atoms with van der Waals surface area (Å²) in [6.07, 6.45) is 5.48. The van der Waals surface area contributed by atoms with Crippen LogP contribution in [0.4, 0.5) is 5.00 Å². The van der Waals surface area contributed by atoms with Crippen molar-refractivity contribution in [2.75, 3.05) is 25.5 Å². The second-order valence-corrected chi connectivity index (χ2v) is 6.78. The molecule has 0 spiro atoms. The first-order valence-electron chi connectivity index (χ1n) is 7.42. The summed E-state index contributed by atoms with van der Waals surface area (Å²) in [5, 5.41) is 6.66. The highest BCUT2D eigenvalue weighted by Gasteiger charge is 2.28. The Labute approximate surface area is 128 Å². The topological polar surface area (TPSA) is 67.4 Å². The first-order valence-corrected chi connectivity index (χ1v) is 8.24. The third-order valence-electron chi connectivity index (χ3n) is 3.98. The van der Waals surface area contributed by atoms with Gasteiger partial charge in [-0.2, -0.15) is 0 Å². The van der Waals surface area contributed by atoms with Crippen molar-refractivity contribution in [3.8, 4) is 0 Å². The number of nitrogens with one attached hydrogen (secondary N) is 2. The van der Waals surface area contributed by atoms with Gasteiger partial charge in [0.15, 0.2) is 0 Å². The molecular weight excluding hydrogens is 288 g/mol. The van der Waals surface area contributed by atoms with Gasteiger partial charge >= 0.3 is 5.97 Å². The predicted octanol–water partition coefficient (Wildman–Crippen LogP) is 1.96. The summed E-state index contributed by atoms with van der Waals surface area (Å²) in [4.78, 5) is 25.2. The molecule has 0 atom stereocenters. The lowest BCUT2D eigenvalue weighted by Gasteiger charge is -2.07. The predicted molar refractivity (Wildman–Crippen MR) is 81.9 cm³/mol. The summed E-state index contributed by atoms with van der Waals surface area (Å²) in [6.45, 7) is 1.19. The van der Waals surface area contributed by atoms with E-state index < -0.39 is 0 Å². The van der Waals surface area contributed by atoms with Crippen molar-refractivity contribution < 1.29 is 14.3 Å². The summed E-state index contributed by atoms with van der Waals surface area (Å²) in [6, 6.07) is 0. The highest BCUT2D eigenvalue weighted by molar-refractivity contribution is 7.17. The Morgan fingerprint density at radius 1 is 1.33 bits per heavy atom. The number of rotatable bonds is 6. The molecule has 1 aromatic heterocycles. The molecule has 1 fully saturated rings. The van der Waals surface area contributed by atoms with E-state index >= 15 is 0 Å². The molecule has 6 heteroatoms. The molecule has 2 aliphatic rings. The molecule has 0 saturated heterocycles. The van der Waals surface area contributed by atoms with E-state index in [1.165, 1.54) is 36.2 Å². The van der Waals surface area contributed by atoms with Crippen LogP contribution in [0.5, 0.6) is 0 Å². The number of ether oxygens (including phenoxy) is 1. The Kier molecular flexibility index (Phi) is 4.26. The van der Waals surface area contributed by atoms with E-state index in [1.54, 1.807) is 0 Å². The van der Waals surface area contributed by atoms with Gasteiger partial charge in [-0.3, -0.25) is 4.79 Å². The fourth-order valence-electron chi connectivity index (χ4n) is 2.69. The lowest BCUT2D eigenvalue weighted by molar-refractivity contribution is -0.115. The number of hydrogen-bond acceptors (Lipinski definition) is 5. The summed E-state index contributed by atoms with van der Waals surface area (Å²) in [5.41, 5.74) is 1.62. The van der Waals surface area contributed by atoms with Gasteiger partial charge in [0.1, 0.15) is 5.00 Å². The van der Waals surface area contributed by atoms with Crippen LogP contribution in [0, 0.1) is 5.92 Å². The Morgan fingerprint density at radius 2 is 2.14 bits per heavy atom. The number of carbonyl (C=O) groups is 2. The second-order valence-electron chi connectivity index (χ2n) is 5.68. The van der Waals surface area contributed by atoms with E-state index in [0.717, 1.165) is 37.3 Å². The molecule has 114 valence electrons. The molecule has 3 rings (SSSR count). The van der Waals surface area contributed by atoms with Crippen molar-refractivity contribution in [2.45, 2.75) is 32.1 Å². The number of hydrogen-bond donors (Lipinski definition) is 2. The number of fused-ring (bicyclic) bond motifs is 1. The van der Waals surface area contributed by atoms with Crippen molar-refractivity contribution in [3.05, 3.63) is 16.0 Å². The van der Waals surface area contributed by atoms with Gasteiger partial charge in [0, 0.05) is 4.88 Å². The van der Waals surface area contributed by atoms with Crippen molar-refractivity contribution in [3.63, 3.8) is 0 Å². The first-order chi connectivity index (χ1) is 10.2. The largest absolute Gasteiger partial charge is 0.465 e. The molecule has 5 nitrogen and oxygen atoms in total. The molecule has 1 heterocycles. The third kappa shape index (κ3) is 3.27. The minimum Gasteiger partial charge on any atom is -0.465 e. The van der Waals surface area contributed by atoms with Gasteiger partial charge < -0.3 is 15.4 Å². The summed E-state index contributed by atoms with van der Waals surface area (Å²) < 4.78 is 4.86. The van der Waals surface area contributed by atoms with Crippen LogP contribution in [0.15, 0.2) is 0 Å². The van der Waals surface area contributed by atoms with E-state index in [1.807, 2.05) is 0 Å². The molecule has 0 aromatic carbocycles. The molecule has 1 amide bonds. The molecule has 1 aromatic rings. The normalized spacial score (nSPS) is 16.6. The molecule has 0 unspecified atom stereocenters. The van der Waals surface area contributed by atoms with Crippen molar-refractivity contribution in [1.82, 2.24) is 5.32 Å². The average Bonchev–Trinajstić information content (AvgIpc) is 3.07. The van der Waals surface area contributed by atoms with Gasteiger partial charge in [-0.15, -0.1) is 11.3 Å². The van der Waals surface area contributed by atoms with Crippen molar-refractivity contribution in [2.24, 2.45) is 5.92 Å². The van der Waals surface area contributed by atoms with Crippen LogP contribution < -0.4 is 10.6 Å². The maximum absolute atomic E-state index is 12.0. The van der Waals surface area contributed by atoms with E-state index in [-0.39, 0.29) is 11.9 Å². The zero-order valence-corrected chi connectivity index (χ0v) is 13.0. The molecule has 0 aliphatic heterocycles. The molecular formula is C15H20N2O3S. The maximum atomic E-state index is 12.0. The SMILES string of the molecule is COC(=O)c1c(NC(=O)CNCC2CC2)sc2c1CCC2. The van der Waals surface area contributed by atoms with Crippen LogP contribution in [-0.2, 0) is 22.4 Å². The highest BCUT2D eigenvalue weighted by Crippen LogP contribution is 2.39. The smallest absolute Gasteiger partial charge is 0.341 e. The first kappa shape index (κ1) is 14.5. The van der Waals surface area contributed by atoms with Gasteiger partial charge in [0.05, 0.1) is 19.2 Å². The minimum atomic E-state index is -0.351. The average molecular weight is 308 g/mol. The van der Waals surface area contributed by atoms with E-state index in [0.29, 0.717) is 17.1 Å². The second kappa shape index (κ2) is 6.15. The number of amides is 1. The Morgan fingerprint density at radius 3 is 2.86 bits per heavy atom. The van der Waals surface area contributed by atoms with Crippen LogP contribution in [0.3, 0.4) is 0 Å². The summed E-state index contributed by atoms with van der Waals surface area (Å²) >= 11 is 1.51. The molecule has 0 radical (unpaired) electrons. The lowest BCUT2D eigenvalue weighted by Crippen LogP contribution is -2.29. The maximum Gasteiger partial charge on any atom is 0.341 e. The fraction of sp³-hybridized carbons (Fsp3) is 0.600. The van der Waals surface area contributed by atoms with Crippen LogP contribution in [0.2, 0.25) is 0 Å². The quantitative estimate of drug-likeness (QED) is 0.788. The molecule has 1 saturated carbocycles.